The molecular weight excluding hydrogens is 310 g/mol. The van der Waals surface area contributed by atoms with Gasteiger partial charge in [0.2, 0.25) is 5.91 Å². The second-order valence-electron chi connectivity index (χ2n) is 5.61. The van der Waals surface area contributed by atoms with E-state index in [9.17, 15) is 4.79 Å². The standard InChI is InChI=1S/C17H17N3O2S/c21-16(10-14-11-20-7-9-23-17(20)18-14)19-6-8-22-15(12-19)13-4-2-1-3-5-13/h1-5,7,9,11,15H,6,8,10,12H2/t15-/m0/s1. The van der Waals surface area contributed by atoms with Crippen molar-refractivity contribution in [3.05, 3.63) is 59.4 Å². The van der Waals surface area contributed by atoms with Crippen LogP contribution in [0.4, 0.5) is 0 Å². The number of carbonyl (C=O) groups excluding carboxylic acids is 1. The van der Waals surface area contributed by atoms with Crippen molar-refractivity contribution < 1.29 is 9.53 Å². The van der Waals surface area contributed by atoms with Crippen molar-refractivity contribution in [2.24, 2.45) is 0 Å². The van der Waals surface area contributed by atoms with Gasteiger partial charge in [0.1, 0.15) is 6.10 Å². The van der Waals surface area contributed by atoms with Crippen molar-refractivity contribution in [2.45, 2.75) is 12.5 Å². The fourth-order valence-electron chi connectivity index (χ4n) is 2.87. The molecule has 1 aromatic carbocycles. The Labute approximate surface area is 138 Å². The van der Waals surface area contributed by atoms with Gasteiger partial charge in [0, 0.05) is 24.3 Å². The number of nitrogens with zero attached hydrogens (tertiary/aromatic N) is 3. The predicted molar refractivity (Wildman–Crippen MR) is 88.5 cm³/mol. The van der Waals surface area contributed by atoms with Crippen LogP contribution in [0.3, 0.4) is 0 Å². The van der Waals surface area contributed by atoms with Crippen LogP contribution < -0.4 is 0 Å². The number of amides is 1. The summed E-state index contributed by atoms with van der Waals surface area (Å²) in [6.45, 7) is 1.82. The topological polar surface area (TPSA) is 46.8 Å². The average Bonchev–Trinajstić information content (AvgIpc) is 3.17. The molecule has 0 saturated carbocycles. The van der Waals surface area contributed by atoms with Gasteiger partial charge >= 0.3 is 0 Å². The highest BCUT2D eigenvalue weighted by atomic mass is 32.1. The molecule has 1 amide bonds. The van der Waals surface area contributed by atoms with Crippen LogP contribution >= 0.6 is 11.3 Å². The summed E-state index contributed by atoms with van der Waals surface area (Å²) in [6.07, 6.45) is 4.19. The third kappa shape index (κ3) is 3.00. The summed E-state index contributed by atoms with van der Waals surface area (Å²) in [5.74, 6) is 0.111. The SMILES string of the molecule is O=C(Cc1cn2ccsc2n1)N1CCO[C@H](c2ccccc2)C1. The molecule has 3 aromatic rings. The highest BCUT2D eigenvalue weighted by Gasteiger charge is 2.25. The number of aromatic nitrogens is 2. The lowest BCUT2D eigenvalue weighted by molar-refractivity contribution is -0.138. The second-order valence-corrected chi connectivity index (χ2v) is 6.48. The van der Waals surface area contributed by atoms with Crippen molar-refractivity contribution in [1.82, 2.24) is 14.3 Å². The van der Waals surface area contributed by atoms with Gasteiger partial charge in [-0.3, -0.25) is 9.20 Å². The number of thiazole rings is 1. The van der Waals surface area contributed by atoms with E-state index in [1.165, 1.54) is 0 Å². The van der Waals surface area contributed by atoms with Crippen LogP contribution in [0.1, 0.15) is 17.4 Å². The van der Waals surface area contributed by atoms with E-state index in [0.717, 1.165) is 16.2 Å². The smallest absolute Gasteiger partial charge is 0.228 e. The number of benzene rings is 1. The fraction of sp³-hybridized carbons (Fsp3) is 0.294. The number of hydrogen-bond acceptors (Lipinski definition) is 4. The van der Waals surface area contributed by atoms with Crippen molar-refractivity contribution in [2.75, 3.05) is 19.7 Å². The van der Waals surface area contributed by atoms with Crippen LogP contribution in [0.5, 0.6) is 0 Å². The fourth-order valence-corrected chi connectivity index (χ4v) is 3.59. The molecule has 6 heteroatoms. The summed E-state index contributed by atoms with van der Waals surface area (Å²) < 4.78 is 7.78. The highest BCUT2D eigenvalue weighted by molar-refractivity contribution is 7.15. The van der Waals surface area contributed by atoms with Gasteiger partial charge in [-0.1, -0.05) is 30.3 Å². The summed E-state index contributed by atoms with van der Waals surface area (Å²) in [5.41, 5.74) is 1.94. The molecule has 5 nitrogen and oxygen atoms in total. The molecule has 1 aliphatic heterocycles. The van der Waals surface area contributed by atoms with Crippen LogP contribution in [0.2, 0.25) is 0 Å². The van der Waals surface area contributed by atoms with E-state index in [1.54, 1.807) is 11.3 Å². The highest BCUT2D eigenvalue weighted by Crippen LogP contribution is 2.22. The number of hydrogen-bond donors (Lipinski definition) is 0. The number of morpholine rings is 1. The molecule has 0 spiro atoms. The maximum atomic E-state index is 12.6. The van der Waals surface area contributed by atoms with Crippen LogP contribution in [0.25, 0.3) is 4.96 Å². The van der Waals surface area contributed by atoms with Crippen LogP contribution in [-0.2, 0) is 16.0 Å². The second kappa shape index (κ2) is 6.14. The third-order valence-corrected chi connectivity index (χ3v) is 4.84. The van der Waals surface area contributed by atoms with Gasteiger partial charge in [-0.15, -0.1) is 11.3 Å². The molecule has 1 saturated heterocycles. The average molecular weight is 327 g/mol. The number of rotatable bonds is 3. The molecule has 0 bridgehead atoms. The maximum Gasteiger partial charge on any atom is 0.228 e. The molecular formula is C17H17N3O2S. The lowest BCUT2D eigenvalue weighted by Crippen LogP contribution is -2.43. The molecule has 23 heavy (non-hydrogen) atoms. The Balaban J connectivity index is 1.44. The monoisotopic (exact) mass is 327 g/mol. The molecule has 1 atom stereocenters. The molecule has 0 unspecified atom stereocenters. The number of imidazole rings is 1. The largest absolute Gasteiger partial charge is 0.370 e. The predicted octanol–water partition coefficient (Wildman–Crippen LogP) is 2.54. The zero-order valence-electron chi connectivity index (χ0n) is 12.6. The van der Waals surface area contributed by atoms with Gasteiger partial charge in [-0.25, -0.2) is 4.98 Å². The van der Waals surface area contributed by atoms with Gasteiger partial charge < -0.3 is 9.64 Å². The first-order valence-corrected chi connectivity index (χ1v) is 8.53. The molecule has 1 aliphatic rings. The van der Waals surface area contributed by atoms with Gasteiger partial charge in [-0.2, -0.15) is 0 Å². The molecule has 4 rings (SSSR count). The zero-order chi connectivity index (χ0) is 15.6. The summed E-state index contributed by atoms with van der Waals surface area (Å²) in [5, 5.41) is 1.99. The van der Waals surface area contributed by atoms with Gasteiger partial charge in [0.05, 0.1) is 25.3 Å². The van der Waals surface area contributed by atoms with Crippen molar-refractivity contribution in [3.8, 4) is 0 Å². The normalized spacial score (nSPS) is 18.4. The van der Waals surface area contributed by atoms with Crippen LogP contribution in [-0.4, -0.2) is 39.9 Å². The Bertz CT molecular complexity index is 783. The summed E-state index contributed by atoms with van der Waals surface area (Å²) in [7, 11) is 0. The molecule has 0 N–H and O–H groups in total. The first-order valence-electron chi connectivity index (χ1n) is 7.65. The van der Waals surface area contributed by atoms with E-state index in [0.29, 0.717) is 26.1 Å². The Hall–Kier alpha value is -2.18. The Morgan fingerprint density at radius 2 is 2.22 bits per heavy atom. The Morgan fingerprint density at radius 1 is 1.35 bits per heavy atom. The minimum Gasteiger partial charge on any atom is -0.370 e. The quantitative estimate of drug-likeness (QED) is 0.743. The van der Waals surface area contributed by atoms with Crippen molar-refractivity contribution in [3.63, 3.8) is 0 Å². The van der Waals surface area contributed by atoms with Gasteiger partial charge in [0.25, 0.3) is 0 Å². The molecule has 3 heterocycles. The van der Waals surface area contributed by atoms with E-state index in [4.69, 9.17) is 4.74 Å². The van der Waals surface area contributed by atoms with Gasteiger partial charge in [-0.05, 0) is 5.56 Å². The Kier molecular flexibility index (Phi) is 3.85. The molecule has 118 valence electrons. The lowest BCUT2D eigenvalue weighted by atomic mass is 10.1. The zero-order valence-corrected chi connectivity index (χ0v) is 13.4. The van der Waals surface area contributed by atoms with Crippen LogP contribution in [0.15, 0.2) is 48.1 Å². The molecule has 0 aliphatic carbocycles. The van der Waals surface area contributed by atoms with E-state index in [2.05, 4.69) is 4.98 Å². The molecule has 2 aromatic heterocycles. The van der Waals surface area contributed by atoms with Crippen LogP contribution in [0, 0.1) is 0 Å². The number of fused-ring (bicyclic) bond motifs is 1. The van der Waals surface area contributed by atoms with E-state index < -0.39 is 0 Å². The maximum absolute atomic E-state index is 12.6. The van der Waals surface area contributed by atoms with Crippen molar-refractivity contribution in [1.29, 1.82) is 0 Å². The lowest BCUT2D eigenvalue weighted by Gasteiger charge is -2.33. The first kappa shape index (κ1) is 14.4. The van der Waals surface area contributed by atoms with E-state index >= 15 is 0 Å². The summed E-state index contributed by atoms with van der Waals surface area (Å²) in [6, 6.07) is 10.1. The number of ether oxygens (including phenoxy) is 1. The molecule has 1 fully saturated rings. The third-order valence-electron chi connectivity index (χ3n) is 4.07. The van der Waals surface area contributed by atoms with E-state index in [1.807, 2.05) is 57.4 Å². The summed E-state index contributed by atoms with van der Waals surface area (Å²) >= 11 is 1.58. The molecule has 0 radical (unpaired) electrons. The van der Waals surface area contributed by atoms with Gasteiger partial charge in [0.15, 0.2) is 4.96 Å². The van der Waals surface area contributed by atoms with E-state index in [-0.39, 0.29) is 12.0 Å². The summed E-state index contributed by atoms with van der Waals surface area (Å²) in [4.78, 5) is 19.9. The van der Waals surface area contributed by atoms with Crippen molar-refractivity contribution >= 4 is 22.2 Å². The minimum absolute atomic E-state index is 0.0422. The number of carbonyl (C=O) groups is 1. The minimum atomic E-state index is -0.0422. The Morgan fingerprint density at radius 3 is 3.04 bits per heavy atom. The first-order chi connectivity index (χ1) is 11.3.